The van der Waals surface area contributed by atoms with Gasteiger partial charge in [-0.1, -0.05) is 18.2 Å². The molecule has 1 aromatic rings. The largest absolute Gasteiger partial charge is 0.342 e. The monoisotopic (exact) mass is 333 g/mol. The maximum absolute atomic E-state index is 13.6. The van der Waals surface area contributed by atoms with Gasteiger partial charge < -0.3 is 15.1 Å². The number of nitrogens with zero attached hydrogens (tertiary/aromatic N) is 2. The molecule has 2 aliphatic rings. The fourth-order valence-corrected chi connectivity index (χ4v) is 3.80. The first-order valence-electron chi connectivity index (χ1n) is 8.61. The second kappa shape index (κ2) is 6.79. The minimum Gasteiger partial charge on any atom is -0.342 e. The Balaban J connectivity index is 1.60. The number of urea groups is 1. The summed E-state index contributed by atoms with van der Waals surface area (Å²) in [4.78, 5) is 28.7. The van der Waals surface area contributed by atoms with E-state index >= 15 is 0 Å². The van der Waals surface area contributed by atoms with Gasteiger partial charge in [-0.2, -0.15) is 0 Å². The Hall–Kier alpha value is -2.11. The van der Waals surface area contributed by atoms with Gasteiger partial charge in [-0.05, 0) is 32.3 Å². The SMILES string of the molecule is CCN1CCC[C@@]2(CCN(C(=O)NCc3ccccc3F)C2)C1=O. The van der Waals surface area contributed by atoms with Crippen molar-refractivity contribution in [3.05, 3.63) is 35.6 Å². The molecule has 3 rings (SSSR count). The third kappa shape index (κ3) is 3.09. The van der Waals surface area contributed by atoms with Crippen molar-refractivity contribution in [2.24, 2.45) is 5.41 Å². The van der Waals surface area contributed by atoms with Gasteiger partial charge in [-0.25, -0.2) is 9.18 Å². The van der Waals surface area contributed by atoms with Crippen LogP contribution in [0.5, 0.6) is 0 Å². The lowest BCUT2D eigenvalue weighted by atomic mass is 9.78. The maximum atomic E-state index is 13.6. The molecule has 1 aromatic carbocycles. The van der Waals surface area contributed by atoms with Crippen LogP contribution in [0.3, 0.4) is 0 Å². The van der Waals surface area contributed by atoms with Crippen molar-refractivity contribution in [1.82, 2.24) is 15.1 Å². The third-order valence-corrected chi connectivity index (χ3v) is 5.23. The van der Waals surface area contributed by atoms with Gasteiger partial charge in [0.25, 0.3) is 0 Å². The minimum atomic E-state index is -0.413. The normalized spacial score (nSPS) is 23.8. The molecule has 2 heterocycles. The Morgan fingerprint density at radius 2 is 2.08 bits per heavy atom. The van der Waals surface area contributed by atoms with Crippen molar-refractivity contribution in [3.63, 3.8) is 0 Å². The molecule has 2 fully saturated rings. The zero-order valence-corrected chi connectivity index (χ0v) is 14.1. The van der Waals surface area contributed by atoms with E-state index in [1.54, 1.807) is 23.1 Å². The lowest BCUT2D eigenvalue weighted by Gasteiger charge is -2.38. The summed E-state index contributed by atoms with van der Waals surface area (Å²) in [5, 5.41) is 2.77. The molecule has 0 bridgehead atoms. The van der Waals surface area contributed by atoms with Crippen molar-refractivity contribution in [1.29, 1.82) is 0 Å². The van der Waals surface area contributed by atoms with E-state index in [0.717, 1.165) is 32.4 Å². The van der Waals surface area contributed by atoms with Crippen molar-refractivity contribution in [3.8, 4) is 0 Å². The lowest BCUT2D eigenvalue weighted by Crippen LogP contribution is -2.50. The third-order valence-electron chi connectivity index (χ3n) is 5.23. The van der Waals surface area contributed by atoms with Crippen LogP contribution in [0.25, 0.3) is 0 Å². The number of amides is 3. The molecule has 1 N–H and O–H groups in total. The molecule has 3 amide bonds. The number of hydrogen-bond acceptors (Lipinski definition) is 2. The van der Waals surface area contributed by atoms with Gasteiger partial charge in [0.15, 0.2) is 0 Å². The van der Waals surface area contributed by atoms with Crippen molar-refractivity contribution < 1.29 is 14.0 Å². The van der Waals surface area contributed by atoms with Crippen molar-refractivity contribution >= 4 is 11.9 Å². The first-order chi connectivity index (χ1) is 11.6. The van der Waals surface area contributed by atoms with Gasteiger partial charge >= 0.3 is 6.03 Å². The highest BCUT2D eigenvalue weighted by Gasteiger charge is 2.49. The van der Waals surface area contributed by atoms with Crippen LogP contribution in [-0.4, -0.2) is 47.9 Å². The van der Waals surface area contributed by atoms with Crippen LogP contribution in [0, 0.1) is 11.2 Å². The van der Waals surface area contributed by atoms with Gasteiger partial charge in [0, 0.05) is 38.3 Å². The molecule has 0 aliphatic carbocycles. The lowest BCUT2D eigenvalue weighted by molar-refractivity contribution is -0.145. The van der Waals surface area contributed by atoms with Gasteiger partial charge in [-0.15, -0.1) is 0 Å². The number of carbonyl (C=O) groups excluding carboxylic acids is 2. The van der Waals surface area contributed by atoms with E-state index in [4.69, 9.17) is 0 Å². The van der Waals surface area contributed by atoms with Crippen LogP contribution >= 0.6 is 0 Å². The number of nitrogens with one attached hydrogen (secondary N) is 1. The summed E-state index contributed by atoms with van der Waals surface area (Å²) in [6.45, 7) is 4.73. The molecule has 0 unspecified atom stereocenters. The summed E-state index contributed by atoms with van der Waals surface area (Å²) in [6.07, 6.45) is 2.55. The van der Waals surface area contributed by atoms with E-state index < -0.39 is 5.41 Å². The second-order valence-electron chi connectivity index (χ2n) is 6.69. The van der Waals surface area contributed by atoms with E-state index in [2.05, 4.69) is 5.32 Å². The van der Waals surface area contributed by atoms with E-state index in [9.17, 15) is 14.0 Å². The highest BCUT2D eigenvalue weighted by atomic mass is 19.1. The Morgan fingerprint density at radius 3 is 2.83 bits per heavy atom. The molecule has 6 heteroatoms. The topological polar surface area (TPSA) is 52.6 Å². The Labute approximate surface area is 141 Å². The minimum absolute atomic E-state index is 0.157. The summed E-state index contributed by atoms with van der Waals surface area (Å²) in [5.74, 6) is -0.141. The van der Waals surface area contributed by atoms with Gasteiger partial charge in [0.05, 0.1) is 5.41 Å². The molecule has 2 saturated heterocycles. The number of piperidine rings is 1. The van der Waals surface area contributed by atoms with Gasteiger partial charge in [0.1, 0.15) is 5.82 Å². The number of hydrogen-bond donors (Lipinski definition) is 1. The van der Waals surface area contributed by atoms with Gasteiger partial charge in [0.2, 0.25) is 5.91 Å². The molecule has 24 heavy (non-hydrogen) atoms. The van der Waals surface area contributed by atoms with Crippen LogP contribution in [-0.2, 0) is 11.3 Å². The standard InChI is InChI=1S/C18H24FN3O2/c1-2-21-10-5-8-18(16(21)23)9-11-22(13-18)17(24)20-12-14-6-3-4-7-15(14)19/h3-4,6-7H,2,5,8-13H2,1H3,(H,20,24)/t18-/m0/s1. The smallest absolute Gasteiger partial charge is 0.317 e. The maximum Gasteiger partial charge on any atom is 0.317 e. The summed E-state index contributed by atoms with van der Waals surface area (Å²) < 4.78 is 13.6. The second-order valence-corrected chi connectivity index (χ2v) is 6.69. The highest BCUT2D eigenvalue weighted by molar-refractivity contribution is 5.85. The summed E-state index contributed by atoms with van der Waals surface area (Å²) in [5.41, 5.74) is 0.0505. The average molecular weight is 333 g/mol. The number of carbonyl (C=O) groups is 2. The summed E-state index contributed by atoms with van der Waals surface area (Å²) in [7, 11) is 0. The average Bonchev–Trinajstić information content (AvgIpc) is 3.02. The summed E-state index contributed by atoms with van der Waals surface area (Å²) >= 11 is 0. The molecule has 5 nitrogen and oxygen atoms in total. The zero-order valence-electron chi connectivity index (χ0n) is 14.1. The predicted molar refractivity (Wildman–Crippen MR) is 88.7 cm³/mol. The van der Waals surface area contributed by atoms with Crippen molar-refractivity contribution in [2.45, 2.75) is 32.7 Å². The first kappa shape index (κ1) is 16.7. The van der Waals surface area contributed by atoms with Crippen LogP contribution in [0.2, 0.25) is 0 Å². The van der Waals surface area contributed by atoms with Crippen LogP contribution in [0.1, 0.15) is 31.7 Å². The zero-order chi connectivity index (χ0) is 17.2. The van der Waals surface area contributed by atoms with E-state index in [-0.39, 0.29) is 24.3 Å². The molecule has 130 valence electrons. The van der Waals surface area contributed by atoms with Crippen molar-refractivity contribution in [2.75, 3.05) is 26.2 Å². The fourth-order valence-electron chi connectivity index (χ4n) is 3.80. The molecule has 0 radical (unpaired) electrons. The number of halogens is 1. The molecule has 1 spiro atoms. The molecular weight excluding hydrogens is 309 g/mol. The number of benzene rings is 1. The van der Waals surface area contributed by atoms with E-state index in [1.807, 2.05) is 11.8 Å². The Morgan fingerprint density at radius 1 is 1.29 bits per heavy atom. The predicted octanol–water partition coefficient (Wildman–Crippen LogP) is 2.37. The summed E-state index contributed by atoms with van der Waals surface area (Å²) in [6, 6.07) is 6.18. The van der Waals surface area contributed by atoms with Crippen LogP contribution in [0.15, 0.2) is 24.3 Å². The Kier molecular flexibility index (Phi) is 4.73. The highest BCUT2D eigenvalue weighted by Crippen LogP contribution is 2.39. The molecule has 0 saturated carbocycles. The molecular formula is C18H24FN3O2. The first-order valence-corrected chi connectivity index (χ1v) is 8.61. The van der Waals surface area contributed by atoms with E-state index in [0.29, 0.717) is 18.7 Å². The van der Waals surface area contributed by atoms with Crippen LogP contribution < -0.4 is 5.32 Å². The number of rotatable bonds is 3. The van der Waals surface area contributed by atoms with E-state index in [1.165, 1.54) is 6.07 Å². The van der Waals surface area contributed by atoms with Crippen LogP contribution in [0.4, 0.5) is 9.18 Å². The quantitative estimate of drug-likeness (QED) is 0.923. The Bertz CT molecular complexity index is 636. The fraction of sp³-hybridized carbons (Fsp3) is 0.556. The molecule has 1 atom stereocenters. The molecule has 2 aliphatic heterocycles. The van der Waals surface area contributed by atoms with Gasteiger partial charge in [-0.3, -0.25) is 4.79 Å². The number of likely N-dealkylation sites (tertiary alicyclic amines) is 2. The molecule has 0 aromatic heterocycles.